The van der Waals surface area contributed by atoms with Crippen molar-refractivity contribution in [2.75, 3.05) is 6.54 Å². The van der Waals surface area contributed by atoms with Gasteiger partial charge in [-0.1, -0.05) is 0 Å². The Morgan fingerprint density at radius 1 is 1.86 bits per heavy atom. The van der Waals surface area contributed by atoms with Crippen molar-refractivity contribution in [1.29, 1.82) is 0 Å². The van der Waals surface area contributed by atoms with Crippen LogP contribution in [-0.2, 0) is 0 Å². The number of nitrogens with zero attached hydrogens (tertiary/aromatic N) is 1. The van der Waals surface area contributed by atoms with E-state index in [1.807, 2.05) is 0 Å². The maximum absolute atomic E-state index is 5.27. The molecule has 0 aromatic rings. The number of hydrogen-bond acceptors (Lipinski definition) is 3. The molecule has 0 saturated carbocycles. The molecule has 0 bridgehead atoms. The van der Waals surface area contributed by atoms with Gasteiger partial charge in [-0.25, -0.2) is 0 Å². The van der Waals surface area contributed by atoms with E-state index >= 15 is 0 Å². The minimum absolute atomic E-state index is 0.641. The molecule has 0 amide bonds. The minimum Gasteiger partial charge on any atom is -0.384 e. The Kier molecular flexibility index (Phi) is 0.978. The van der Waals surface area contributed by atoms with Crippen LogP contribution in [0.3, 0.4) is 0 Å². The standard InChI is InChI=1S/C4H7N3/c5-4-3-6-1-2-7-4/h1,3,7H,2,5H2. The highest BCUT2D eigenvalue weighted by atomic mass is 15.0. The molecule has 0 unspecified atom stereocenters. The first-order valence-corrected chi connectivity index (χ1v) is 2.11. The van der Waals surface area contributed by atoms with Crippen LogP contribution in [0.1, 0.15) is 0 Å². The van der Waals surface area contributed by atoms with Crippen molar-refractivity contribution in [3.05, 3.63) is 12.0 Å². The Morgan fingerprint density at radius 3 is 3.00 bits per heavy atom. The van der Waals surface area contributed by atoms with E-state index < -0.39 is 0 Å². The van der Waals surface area contributed by atoms with Crippen molar-refractivity contribution in [3.63, 3.8) is 0 Å². The van der Waals surface area contributed by atoms with E-state index in [2.05, 4.69) is 10.3 Å². The van der Waals surface area contributed by atoms with E-state index in [9.17, 15) is 0 Å². The average molecular weight is 97.1 g/mol. The van der Waals surface area contributed by atoms with Crippen LogP contribution in [0.25, 0.3) is 0 Å². The second kappa shape index (κ2) is 1.64. The second-order valence-electron chi connectivity index (χ2n) is 1.30. The molecule has 1 aliphatic heterocycles. The Balaban J connectivity index is 2.57. The molecular formula is C4H7N3. The van der Waals surface area contributed by atoms with Gasteiger partial charge in [-0.2, -0.15) is 0 Å². The summed E-state index contributed by atoms with van der Waals surface area (Å²) < 4.78 is 0. The average Bonchev–Trinajstić information content (AvgIpc) is 1.69. The normalized spacial score (nSPS) is 18.0. The fraction of sp³-hybridized carbons (Fsp3) is 0.250. The summed E-state index contributed by atoms with van der Waals surface area (Å²) in [6.07, 6.45) is 3.35. The Morgan fingerprint density at radius 2 is 2.71 bits per heavy atom. The lowest BCUT2D eigenvalue weighted by Gasteiger charge is -2.03. The molecule has 1 aliphatic rings. The van der Waals surface area contributed by atoms with Gasteiger partial charge in [0.05, 0.1) is 12.7 Å². The lowest BCUT2D eigenvalue weighted by atomic mass is 10.6. The number of rotatable bonds is 0. The van der Waals surface area contributed by atoms with Crippen LogP contribution in [0.5, 0.6) is 0 Å². The molecule has 0 atom stereocenters. The van der Waals surface area contributed by atoms with Crippen LogP contribution in [0.2, 0.25) is 0 Å². The summed E-state index contributed by atoms with van der Waals surface area (Å²) in [5.41, 5.74) is 5.27. The Hall–Kier alpha value is -0.990. The summed E-state index contributed by atoms with van der Waals surface area (Å²) in [6.45, 7) is 0.752. The SMILES string of the molecule is NC1=CN=CCN1. The molecule has 0 fully saturated rings. The Labute approximate surface area is 41.9 Å². The molecule has 3 nitrogen and oxygen atoms in total. The molecule has 0 saturated heterocycles. The van der Waals surface area contributed by atoms with Gasteiger partial charge in [-0.3, -0.25) is 4.99 Å². The van der Waals surface area contributed by atoms with E-state index in [1.165, 1.54) is 0 Å². The van der Waals surface area contributed by atoms with Gasteiger partial charge < -0.3 is 11.1 Å². The zero-order valence-electron chi connectivity index (χ0n) is 3.89. The predicted molar refractivity (Wildman–Crippen MR) is 28.8 cm³/mol. The van der Waals surface area contributed by atoms with E-state index in [-0.39, 0.29) is 0 Å². The van der Waals surface area contributed by atoms with Crippen molar-refractivity contribution >= 4 is 6.21 Å². The molecule has 0 aromatic heterocycles. The zero-order chi connectivity index (χ0) is 5.11. The molecule has 3 heteroatoms. The van der Waals surface area contributed by atoms with Crippen molar-refractivity contribution in [3.8, 4) is 0 Å². The van der Waals surface area contributed by atoms with Crippen molar-refractivity contribution < 1.29 is 0 Å². The molecule has 0 aromatic carbocycles. The first-order valence-electron chi connectivity index (χ1n) is 2.11. The number of nitrogens with one attached hydrogen (secondary N) is 1. The van der Waals surface area contributed by atoms with E-state index in [1.54, 1.807) is 12.4 Å². The van der Waals surface area contributed by atoms with Gasteiger partial charge in [-0.05, 0) is 0 Å². The highest BCUT2D eigenvalue weighted by Gasteiger charge is 1.87. The van der Waals surface area contributed by atoms with Gasteiger partial charge in [0.25, 0.3) is 0 Å². The third-order valence-corrected chi connectivity index (χ3v) is 0.717. The molecule has 1 heterocycles. The second-order valence-corrected chi connectivity index (χ2v) is 1.30. The van der Waals surface area contributed by atoms with Crippen LogP contribution in [0.15, 0.2) is 17.0 Å². The van der Waals surface area contributed by atoms with E-state index in [0.717, 1.165) is 6.54 Å². The maximum Gasteiger partial charge on any atom is 0.115 e. The van der Waals surface area contributed by atoms with Gasteiger partial charge in [0.1, 0.15) is 5.82 Å². The maximum atomic E-state index is 5.27. The van der Waals surface area contributed by atoms with E-state index in [0.29, 0.717) is 5.82 Å². The number of nitrogens with two attached hydrogens (primary N) is 1. The summed E-state index contributed by atoms with van der Waals surface area (Å²) in [5.74, 6) is 0.641. The smallest absolute Gasteiger partial charge is 0.115 e. The first-order chi connectivity index (χ1) is 3.39. The minimum atomic E-state index is 0.641. The van der Waals surface area contributed by atoms with Crippen molar-refractivity contribution in [2.24, 2.45) is 10.7 Å². The van der Waals surface area contributed by atoms with Gasteiger partial charge in [-0.15, -0.1) is 0 Å². The van der Waals surface area contributed by atoms with Crippen LogP contribution < -0.4 is 11.1 Å². The fourth-order valence-electron chi connectivity index (χ4n) is 0.395. The van der Waals surface area contributed by atoms with Crippen LogP contribution in [-0.4, -0.2) is 12.8 Å². The zero-order valence-corrected chi connectivity index (χ0v) is 3.89. The van der Waals surface area contributed by atoms with Crippen LogP contribution in [0.4, 0.5) is 0 Å². The van der Waals surface area contributed by atoms with E-state index in [4.69, 9.17) is 5.73 Å². The van der Waals surface area contributed by atoms with Gasteiger partial charge in [0.2, 0.25) is 0 Å². The molecule has 1 rings (SSSR count). The molecule has 7 heavy (non-hydrogen) atoms. The summed E-state index contributed by atoms with van der Waals surface area (Å²) in [5, 5.41) is 2.87. The number of hydrogen-bond donors (Lipinski definition) is 2. The Bertz CT molecular complexity index is 114. The van der Waals surface area contributed by atoms with Gasteiger partial charge >= 0.3 is 0 Å². The molecule has 38 valence electrons. The summed E-state index contributed by atoms with van der Waals surface area (Å²) in [7, 11) is 0. The quantitative estimate of drug-likeness (QED) is 0.425. The number of aliphatic imine (C=N–C) groups is 1. The van der Waals surface area contributed by atoms with Gasteiger partial charge in [0.15, 0.2) is 0 Å². The third kappa shape index (κ3) is 0.924. The lowest BCUT2D eigenvalue weighted by Crippen LogP contribution is -2.23. The van der Waals surface area contributed by atoms with Crippen molar-refractivity contribution in [1.82, 2.24) is 5.32 Å². The first kappa shape index (κ1) is 4.18. The third-order valence-electron chi connectivity index (χ3n) is 0.717. The fourth-order valence-corrected chi connectivity index (χ4v) is 0.395. The topological polar surface area (TPSA) is 50.4 Å². The molecule has 0 radical (unpaired) electrons. The highest BCUT2D eigenvalue weighted by molar-refractivity contribution is 5.62. The van der Waals surface area contributed by atoms with Crippen LogP contribution in [0, 0.1) is 0 Å². The lowest BCUT2D eigenvalue weighted by molar-refractivity contribution is 0.894. The van der Waals surface area contributed by atoms with Crippen LogP contribution >= 0.6 is 0 Å². The monoisotopic (exact) mass is 97.1 g/mol. The summed E-state index contributed by atoms with van der Waals surface area (Å²) in [6, 6.07) is 0. The predicted octanol–water partition coefficient (Wildman–Crippen LogP) is -0.582. The van der Waals surface area contributed by atoms with Crippen molar-refractivity contribution in [2.45, 2.75) is 0 Å². The largest absolute Gasteiger partial charge is 0.384 e. The molecule has 0 aliphatic carbocycles. The summed E-state index contributed by atoms with van der Waals surface area (Å²) in [4.78, 5) is 3.78. The highest BCUT2D eigenvalue weighted by Crippen LogP contribution is 1.81. The summed E-state index contributed by atoms with van der Waals surface area (Å²) >= 11 is 0. The molecular weight excluding hydrogens is 90.1 g/mol. The molecule has 0 spiro atoms. The molecule has 3 N–H and O–H groups in total. The van der Waals surface area contributed by atoms with Gasteiger partial charge in [0, 0.05) is 6.21 Å².